The quantitative estimate of drug-likeness (QED) is 0.355. The van der Waals surface area contributed by atoms with Gasteiger partial charge in [0.2, 0.25) is 0 Å². The Hall–Kier alpha value is -2.66. The molecule has 2 aromatic heterocycles. The molecule has 0 bridgehead atoms. The van der Waals surface area contributed by atoms with E-state index in [1.54, 1.807) is 26.5 Å². The lowest BCUT2D eigenvalue weighted by Crippen LogP contribution is -2.51. The Kier molecular flexibility index (Phi) is 6.71. The number of thiazole rings is 1. The number of piperazine rings is 1. The molecule has 4 aromatic rings. The summed E-state index contributed by atoms with van der Waals surface area (Å²) in [7, 11) is -3.67. The van der Waals surface area contributed by atoms with E-state index in [2.05, 4.69) is 47.9 Å². The van der Waals surface area contributed by atoms with Gasteiger partial charge in [0, 0.05) is 43.0 Å². The first kappa shape index (κ1) is 25.0. The number of fused-ring (bicyclic) bond motifs is 1. The van der Waals surface area contributed by atoms with E-state index < -0.39 is 10.0 Å². The van der Waals surface area contributed by atoms with E-state index in [1.807, 2.05) is 13.1 Å². The third-order valence-corrected chi connectivity index (χ3v) is 9.31. The molecule has 1 saturated heterocycles. The van der Waals surface area contributed by atoms with Crippen molar-refractivity contribution in [3.63, 3.8) is 0 Å². The van der Waals surface area contributed by atoms with Crippen LogP contribution in [0, 0.1) is 25.6 Å². The first-order chi connectivity index (χ1) is 17.1. The average Bonchev–Trinajstić information content (AvgIpc) is 3.45. The minimum absolute atomic E-state index is 0.0887. The van der Waals surface area contributed by atoms with Crippen molar-refractivity contribution >= 4 is 32.3 Å². The summed E-state index contributed by atoms with van der Waals surface area (Å²) in [5.74, 6) is 0.158. The molecule has 0 saturated carbocycles. The van der Waals surface area contributed by atoms with Crippen LogP contribution in [0.25, 0.3) is 16.6 Å². The van der Waals surface area contributed by atoms with Crippen LogP contribution in [0.3, 0.4) is 0 Å². The summed E-state index contributed by atoms with van der Waals surface area (Å²) in [5, 5.41) is 8.01. The molecular weight excluding hydrogens is 497 g/mol. The van der Waals surface area contributed by atoms with Gasteiger partial charge in [-0.3, -0.25) is 4.90 Å². The van der Waals surface area contributed by atoms with Crippen LogP contribution in [0.4, 0.5) is 4.39 Å². The van der Waals surface area contributed by atoms with Gasteiger partial charge in [0.1, 0.15) is 5.82 Å². The Morgan fingerprint density at radius 3 is 2.56 bits per heavy atom. The van der Waals surface area contributed by atoms with Gasteiger partial charge in [-0.15, -0.1) is 11.3 Å². The van der Waals surface area contributed by atoms with Crippen LogP contribution in [0.5, 0.6) is 0 Å². The molecule has 0 aliphatic carbocycles. The number of benzene rings is 2. The highest BCUT2D eigenvalue weighted by Crippen LogP contribution is 2.34. The predicted molar refractivity (Wildman–Crippen MR) is 141 cm³/mol. The SMILES string of the molecule is Cc1nc(S(=O)(=O)N2CCN(CC(C)C)C(c3cc4cnn(-c5ccc(F)cc5)c4cc3C)C2)cs1. The normalized spacial score (nSPS) is 17.9. The highest BCUT2D eigenvalue weighted by Gasteiger charge is 2.37. The van der Waals surface area contributed by atoms with E-state index in [1.165, 1.54) is 23.5 Å². The Morgan fingerprint density at radius 2 is 1.89 bits per heavy atom. The second kappa shape index (κ2) is 9.66. The van der Waals surface area contributed by atoms with E-state index in [-0.39, 0.29) is 16.9 Å². The minimum Gasteiger partial charge on any atom is -0.293 e. The van der Waals surface area contributed by atoms with Gasteiger partial charge in [-0.2, -0.15) is 9.40 Å². The molecule has 36 heavy (non-hydrogen) atoms. The van der Waals surface area contributed by atoms with E-state index in [0.717, 1.165) is 39.3 Å². The van der Waals surface area contributed by atoms with Gasteiger partial charge in [0.25, 0.3) is 10.0 Å². The lowest BCUT2D eigenvalue weighted by molar-refractivity contribution is 0.105. The minimum atomic E-state index is -3.67. The van der Waals surface area contributed by atoms with Crippen LogP contribution in [0.2, 0.25) is 0 Å². The van der Waals surface area contributed by atoms with Crippen molar-refractivity contribution < 1.29 is 12.8 Å². The number of aryl methyl sites for hydroxylation is 2. The van der Waals surface area contributed by atoms with Crippen molar-refractivity contribution in [3.8, 4) is 5.69 Å². The zero-order valence-electron chi connectivity index (χ0n) is 20.8. The Labute approximate surface area is 215 Å². The van der Waals surface area contributed by atoms with Gasteiger partial charge in [-0.25, -0.2) is 22.5 Å². The van der Waals surface area contributed by atoms with Gasteiger partial charge in [0.15, 0.2) is 5.03 Å². The van der Waals surface area contributed by atoms with Crippen LogP contribution in [0.15, 0.2) is 53.0 Å². The molecule has 1 unspecified atom stereocenters. The van der Waals surface area contributed by atoms with E-state index in [9.17, 15) is 12.8 Å². The van der Waals surface area contributed by atoms with Gasteiger partial charge in [0.05, 0.1) is 22.4 Å². The van der Waals surface area contributed by atoms with E-state index in [4.69, 9.17) is 0 Å². The van der Waals surface area contributed by atoms with Gasteiger partial charge >= 0.3 is 0 Å². The zero-order valence-corrected chi connectivity index (χ0v) is 22.5. The van der Waals surface area contributed by atoms with E-state index >= 15 is 0 Å². The van der Waals surface area contributed by atoms with Crippen molar-refractivity contribution in [2.45, 2.75) is 38.8 Å². The van der Waals surface area contributed by atoms with Crippen LogP contribution < -0.4 is 0 Å². The van der Waals surface area contributed by atoms with Crippen LogP contribution >= 0.6 is 11.3 Å². The Balaban J connectivity index is 1.53. The molecule has 5 rings (SSSR count). The number of rotatable bonds is 6. The summed E-state index contributed by atoms with van der Waals surface area (Å²) in [5.41, 5.74) is 3.87. The number of hydrogen-bond donors (Lipinski definition) is 0. The maximum Gasteiger partial charge on any atom is 0.261 e. The fourth-order valence-electron chi connectivity index (χ4n) is 4.93. The predicted octanol–water partition coefficient (Wildman–Crippen LogP) is 4.94. The second-order valence-corrected chi connectivity index (χ2v) is 12.7. The maximum absolute atomic E-state index is 13.4. The Bertz CT molecular complexity index is 1490. The topological polar surface area (TPSA) is 71.3 Å². The molecule has 7 nitrogen and oxygen atoms in total. The van der Waals surface area contributed by atoms with Crippen molar-refractivity contribution in [2.75, 3.05) is 26.2 Å². The average molecular weight is 528 g/mol. The van der Waals surface area contributed by atoms with Crippen molar-refractivity contribution in [2.24, 2.45) is 5.92 Å². The van der Waals surface area contributed by atoms with E-state index in [0.29, 0.717) is 25.6 Å². The molecule has 1 aliphatic rings. The molecule has 0 amide bonds. The summed E-state index contributed by atoms with van der Waals surface area (Å²) in [6.45, 7) is 10.6. The lowest BCUT2D eigenvalue weighted by Gasteiger charge is -2.42. The van der Waals surface area contributed by atoms with Crippen molar-refractivity contribution in [3.05, 3.63) is 69.9 Å². The third-order valence-electron chi connectivity index (χ3n) is 6.64. The van der Waals surface area contributed by atoms with Gasteiger partial charge < -0.3 is 0 Å². The molecule has 10 heteroatoms. The zero-order chi connectivity index (χ0) is 25.6. The fourth-order valence-corrected chi connectivity index (χ4v) is 7.27. The smallest absolute Gasteiger partial charge is 0.261 e. The van der Waals surface area contributed by atoms with Gasteiger partial charge in [-0.05, 0) is 67.3 Å². The molecule has 3 heterocycles. The lowest BCUT2D eigenvalue weighted by atomic mass is 9.96. The summed E-state index contributed by atoms with van der Waals surface area (Å²) < 4.78 is 43.6. The van der Waals surface area contributed by atoms with Crippen LogP contribution in [-0.2, 0) is 10.0 Å². The maximum atomic E-state index is 13.4. The van der Waals surface area contributed by atoms with Crippen molar-refractivity contribution in [1.29, 1.82) is 0 Å². The number of halogens is 1. The number of sulfonamides is 1. The largest absolute Gasteiger partial charge is 0.293 e. The monoisotopic (exact) mass is 527 g/mol. The molecule has 0 spiro atoms. The molecule has 190 valence electrons. The number of aromatic nitrogens is 3. The fraction of sp³-hybridized carbons (Fsp3) is 0.385. The second-order valence-electron chi connectivity index (χ2n) is 9.77. The molecular formula is C26H30FN5O2S2. The van der Waals surface area contributed by atoms with Crippen LogP contribution in [-0.4, -0.2) is 58.6 Å². The number of hydrogen-bond acceptors (Lipinski definition) is 6. The van der Waals surface area contributed by atoms with Crippen molar-refractivity contribution in [1.82, 2.24) is 24.0 Å². The summed E-state index contributed by atoms with van der Waals surface area (Å²) in [6.07, 6.45) is 1.81. The highest BCUT2D eigenvalue weighted by atomic mass is 32.2. The molecule has 1 aliphatic heterocycles. The van der Waals surface area contributed by atoms with Crippen LogP contribution in [0.1, 0.15) is 36.0 Å². The summed E-state index contributed by atoms with van der Waals surface area (Å²) >= 11 is 1.35. The molecule has 2 aromatic carbocycles. The first-order valence-corrected chi connectivity index (χ1v) is 14.4. The first-order valence-electron chi connectivity index (χ1n) is 12.0. The molecule has 0 N–H and O–H groups in total. The number of nitrogens with zero attached hydrogens (tertiary/aromatic N) is 5. The van der Waals surface area contributed by atoms with Gasteiger partial charge in [-0.1, -0.05) is 13.8 Å². The summed E-state index contributed by atoms with van der Waals surface area (Å²) in [6, 6.07) is 10.4. The molecule has 1 atom stereocenters. The molecule has 0 radical (unpaired) electrons. The molecule has 1 fully saturated rings. The third kappa shape index (κ3) is 4.70. The standard InChI is InChI=1S/C26H30FN5O2S2/c1-17(2)14-30-9-10-31(36(33,34)26-16-35-19(4)29-26)15-25(30)23-12-20-13-28-32(24(20)11-18(23)3)22-7-5-21(27)6-8-22/h5-8,11-13,16-17,25H,9-10,14-15H2,1-4H3. The Morgan fingerprint density at radius 1 is 1.14 bits per heavy atom. The summed E-state index contributed by atoms with van der Waals surface area (Å²) in [4.78, 5) is 6.65. The highest BCUT2D eigenvalue weighted by molar-refractivity contribution is 7.89.